The van der Waals surface area contributed by atoms with Crippen LogP contribution in [-0.4, -0.2) is 24.4 Å². The van der Waals surface area contributed by atoms with Crippen LogP contribution >= 0.6 is 11.3 Å². The van der Waals surface area contributed by atoms with Crippen molar-refractivity contribution in [2.45, 2.75) is 44.7 Å². The number of hydrogen-bond donors (Lipinski definition) is 3. The normalized spacial score (nSPS) is 15.9. The fourth-order valence-corrected chi connectivity index (χ4v) is 4.25. The average Bonchev–Trinajstić information content (AvgIpc) is 3.26. The van der Waals surface area contributed by atoms with E-state index < -0.39 is 0 Å². The molecule has 27 heavy (non-hydrogen) atoms. The molecule has 2 amide bonds. The molecule has 1 aromatic carbocycles. The van der Waals surface area contributed by atoms with Crippen LogP contribution in [0.25, 0.3) is 0 Å². The zero-order valence-corrected chi connectivity index (χ0v) is 16.3. The number of benzene rings is 1. The van der Waals surface area contributed by atoms with E-state index in [4.69, 9.17) is 5.73 Å². The van der Waals surface area contributed by atoms with Crippen LogP contribution in [0.2, 0.25) is 0 Å². The van der Waals surface area contributed by atoms with Gasteiger partial charge in [0.25, 0.3) is 11.8 Å². The van der Waals surface area contributed by atoms with Gasteiger partial charge in [-0.25, -0.2) is 0 Å². The predicted octanol–water partition coefficient (Wildman–Crippen LogP) is 3.32. The molecule has 4 N–H and O–H groups in total. The number of nitrogens with one attached hydrogen (secondary N) is 2. The summed E-state index contributed by atoms with van der Waals surface area (Å²) in [6, 6.07) is 11.1. The van der Waals surface area contributed by atoms with Crippen molar-refractivity contribution in [2.24, 2.45) is 11.7 Å². The number of carbonyl (C=O) groups excluding carboxylic acids is 2. The number of carbonyl (C=O) groups is 2. The van der Waals surface area contributed by atoms with Crippen molar-refractivity contribution < 1.29 is 9.59 Å². The molecule has 1 aliphatic rings. The van der Waals surface area contributed by atoms with Gasteiger partial charge < -0.3 is 16.4 Å². The molecule has 1 atom stereocenters. The summed E-state index contributed by atoms with van der Waals surface area (Å²) < 4.78 is 0. The van der Waals surface area contributed by atoms with Gasteiger partial charge in [0.05, 0.1) is 4.88 Å². The Morgan fingerprint density at radius 1 is 1.07 bits per heavy atom. The van der Waals surface area contributed by atoms with Gasteiger partial charge in [-0.3, -0.25) is 9.59 Å². The van der Waals surface area contributed by atoms with Crippen LogP contribution in [0.15, 0.2) is 41.8 Å². The highest BCUT2D eigenvalue weighted by Crippen LogP contribution is 2.26. The third-order valence-corrected chi connectivity index (χ3v) is 6.07. The van der Waals surface area contributed by atoms with E-state index in [0.29, 0.717) is 29.4 Å². The molecule has 0 saturated heterocycles. The SMILES string of the molecule is NCC(NC(=O)c1ccc(CNC(=O)c2cccs2)cc1)C1CCCCC1. The summed E-state index contributed by atoms with van der Waals surface area (Å²) in [4.78, 5) is 25.2. The molecule has 1 fully saturated rings. The minimum Gasteiger partial charge on any atom is -0.348 e. The number of thiophene rings is 1. The summed E-state index contributed by atoms with van der Waals surface area (Å²) in [6.45, 7) is 0.912. The van der Waals surface area contributed by atoms with Gasteiger partial charge in [-0.1, -0.05) is 37.5 Å². The molecular weight excluding hydrogens is 358 g/mol. The lowest BCUT2D eigenvalue weighted by Gasteiger charge is -2.30. The Hall–Kier alpha value is -2.18. The van der Waals surface area contributed by atoms with E-state index in [1.807, 2.05) is 23.6 Å². The van der Waals surface area contributed by atoms with Crippen molar-refractivity contribution in [3.8, 4) is 0 Å². The molecule has 0 bridgehead atoms. The largest absolute Gasteiger partial charge is 0.348 e. The van der Waals surface area contributed by atoms with Crippen LogP contribution in [0.3, 0.4) is 0 Å². The molecule has 6 heteroatoms. The summed E-state index contributed by atoms with van der Waals surface area (Å²) >= 11 is 1.42. The Labute approximate surface area is 164 Å². The number of nitrogens with two attached hydrogens (primary N) is 1. The maximum absolute atomic E-state index is 12.6. The fraction of sp³-hybridized carbons (Fsp3) is 0.429. The fourth-order valence-electron chi connectivity index (χ4n) is 3.61. The van der Waals surface area contributed by atoms with Crippen LogP contribution in [0, 0.1) is 5.92 Å². The van der Waals surface area contributed by atoms with E-state index in [9.17, 15) is 9.59 Å². The monoisotopic (exact) mass is 385 g/mol. The zero-order chi connectivity index (χ0) is 19.1. The van der Waals surface area contributed by atoms with Gasteiger partial charge in [0, 0.05) is 24.7 Å². The first-order valence-corrected chi connectivity index (χ1v) is 10.5. The lowest BCUT2D eigenvalue weighted by molar-refractivity contribution is 0.0913. The quantitative estimate of drug-likeness (QED) is 0.684. The molecule has 0 spiro atoms. The Kier molecular flexibility index (Phi) is 7.01. The van der Waals surface area contributed by atoms with E-state index >= 15 is 0 Å². The van der Waals surface area contributed by atoms with Crippen LogP contribution < -0.4 is 16.4 Å². The predicted molar refractivity (Wildman–Crippen MR) is 109 cm³/mol. The lowest BCUT2D eigenvalue weighted by atomic mass is 9.84. The van der Waals surface area contributed by atoms with Gasteiger partial charge in [0.15, 0.2) is 0 Å². The first kappa shape index (κ1) is 19.6. The maximum atomic E-state index is 12.6. The molecule has 1 heterocycles. The standard InChI is InChI=1S/C21H27N3O2S/c22-13-18(16-5-2-1-3-6-16)24-20(25)17-10-8-15(9-11-17)14-23-21(26)19-7-4-12-27-19/h4,7-12,16,18H,1-3,5-6,13-14,22H2,(H,23,26)(H,24,25). The second kappa shape index (κ2) is 9.67. The van der Waals surface area contributed by atoms with E-state index in [-0.39, 0.29) is 17.9 Å². The van der Waals surface area contributed by atoms with Gasteiger partial charge in [0.1, 0.15) is 0 Å². The maximum Gasteiger partial charge on any atom is 0.261 e. The van der Waals surface area contributed by atoms with Gasteiger partial charge in [-0.05, 0) is 47.9 Å². The Bertz CT molecular complexity index is 737. The van der Waals surface area contributed by atoms with Crippen molar-refractivity contribution in [2.75, 3.05) is 6.54 Å². The highest BCUT2D eigenvalue weighted by atomic mass is 32.1. The first-order chi connectivity index (χ1) is 13.2. The molecule has 3 rings (SSSR count). The second-order valence-corrected chi connectivity index (χ2v) is 8.02. The number of hydrogen-bond acceptors (Lipinski definition) is 4. The highest BCUT2D eigenvalue weighted by Gasteiger charge is 2.24. The summed E-state index contributed by atoms with van der Waals surface area (Å²) in [7, 11) is 0. The molecule has 1 aliphatic carbocycles. The van der Waals surface area contributed by atoms with Crippen LogP contribution in [0.5, 0.6) is 0 Å². The molecular formula is C21H27N3O2S. The van der Waals surface area contributed by atoms with Gasteiger partial charge in [-0.2, -0.15) is 0 Å². The van der Waals surface area contributed by atoms with Crippen molar-refractivity contribution >= 4 is 23.2 Å². The molecule has 1 saturated carbocycles. The molecule has 1 aromatic heterocycles. The minimum atomic E-state index is -0.0786. The molecule has 0 radical (unpaired) electrons. The Balaban J connectivity index is 1.52. The van der Waals surface area contributed by atoms with Gasteiger partial charge >= 0.3 is 0 Å². The highest BCUT2D eigenvalue weighted by molar-refractivity contribution is 7.12. The van der Waals surface area contributed by atoms with E-state index in [0.717, 1.165) is 18.4 Å². The second-order valence-electron chi connectivity index (χ2n) is 7.07. The van der Waals surface area contributed by atoms with Crippen LogP contribution in [0.4, 0.5) is 0 Å². The number of amides is 2. The van der Waals surface area contributed by atoms with Crippen LogP contribution in [0.1, 0.15) is 57.7 Å². The molecule has 5 nitrogen and oxygen atoms in total. The third kappa shape index (κ3) is 5.40. The zero-order valence-electron chi connectivity index (χ0n) is 15.4. The summed E-state index contributed by atoms with van der Waals surface area (Å²) in [5.74, 6) is 0.328. The van der Waals surface area contributed by atoms with Crippen LogP contribution in [-0.2, 0) is 6.54 Å². The smallest absolute Gasteiger partial charge is 0.261 e. The lowest BCUT2D eigenvalue weighted by Crippen LogP contribution is -2.45. The van der Waals surface area contributed by atoms with E-state index in [1.165, 1.54) is 30.6 Å². The third-order valence-electron chi connectivity index (χ3n) is 5.20. The van der Waals surface area contributed by atoms with Gasteiger partial charge in [-0.15, -0.1) is 11.3 Å². The van der Waals surface area contributed by atoms with Crippen molar-refractivity contribution in [1.82, 2.24) is 10.6 Å². The van der Waals surface area contributed by atoms with Gasteiger partial charge in [0.2, 0.25) is 0 Å². The molecule has 0 aliphatic heterocycles. The van der Waals surface area contributed by atoms with E-state index in [2.05, 4.69) is 10.6 Å². The minimum absolute atomic E-state index is 0.0440. The topological polar surface area (TPSA) is 84.2 Å². The average molecular weight is 386 g/mol. The first-order valence-electron chi connectivity index (χ1n) is 9.59. The molecule has 1 unspecified atom stereocenters. The van der Waals surface area contributed by atoms with E-state index in [1.54, 1.807) is 18.2 Å². The summed E-state index contributed by atoms with van der Waals surface area (Å²) in [5, 5.41) is 7.88. The van der Waals surface area contributed by atoms with Crippen molar-refractivity contribution in [1.29, 1.82) is 0 Å². The Morgan fingerprint density at radius 2 is 1.81 bits per heavy atom. The molecule has 144 valence electrons. The Morgan fingerprint density at radius 3 is 2.44 bits per heavy atom. The van der Waals surface area contributed by atoms with Crippen molar-refractivity contribution in [3.63, 3.8) is 0 Å². The number of rotatable bonds is 7. The summed E-state index contributed by atoms with van der Waals surface area (Å²) in [5.41, 5.74) is 7.49. The molecule has 2 aromatic rings. The van der Waals surface area contributed by atoms with Crippen molar-refractivity contribution in [3.05, 3.63) is 57.8 Å². The summed E-state index contributed by atoms with van der Waals surface area (Å²) in [6.07, 6.45) is 6.02.